The van der Waals surface area contributed by atoms with E-state index in [1.165, 1.54) is 4.90 Å². The molecule has 0 aliphatic carbocycles. The van der Waals surface area contributed by atoms with Crippen molar-refractivity contribution in [3.8, 4) is 0 Å². The van der Waals surface area contributed by atoms with Gasteiger partial charge < -0.3 is 4.90 Å². The standard InChI is InChI=1S/C12H10Br2F3NO/c13-8-1-2-10(14)9(5-8)11(19)18-4-3-7(6-18)12(15,16)17/h1-2,5,7H,3-4,6H2. The van der Waals surface area contributed by atoms with Crippen LogP contribution in [0.4, 0.5) is 13.2 Å². The van der Waals surface area contributed by atoms with Gasteiger partial charge in [0.15, 0.2) is 0 Å². The minimum absolute atomic E-state index is 0.0269. The zero-order valence-electron chi connectivity index (χ0n) is 9.68. The molecule has 7 heteroatoms. The maximum Gasteiger partial charge on any atom is 0.393 e. The van der Waals surface area contributed by atoms with Crippen molar-refractivity contribution in [2.45, 2.75) is 12.6 Å². The largest absolute Gasteiger partial charge is 0.393 e. The minimum atomic E-state index is -4.23. The molecule has 1 aliphatic rings. The lowest BCUT2D eigenvalue weighted by atomic mass is 10.1. The first kappa shape index (κ1) is 14.8. The summed E-state index contributed by atoms with van der Waals surface area (Å²) in [5.41, 5.74) is 0.372. The molecule has 19 heavy (non-hydrogen) atoms. The van der Waals surface area contributed by atoms with Crippen molar-refractivity contribution in [2.24, 2.45) is 5.92 Å². The van der Waals surface area contributed by atoms with E-state index in [1.54, 1.807) is 18.2 Å². The van der Waals surface area contributed by atoms with Gasteiger partial charge in [-0.1, -0.05) is 15.9 Å². The number of rotatable bonds is 1. The molecule has 0 radical (unpaired) electrons. The number of carbonyl (C=O) groups excluding carboxylic acids is 1. The maximum atomic E-state index is 12.6. The molecule has 0 spiro atoms. The summed E-state index contributed by atoms with van der Waals surface area (Å²) in [7, 11) is 0. The van der Waals surface area contributed by atoms with Crippen LogP contribution >= 0.6 is 31.9 Å². The van der Waals surface area contributed by atoms with E-state index in [9.17, 15) is 18.0 Å². The van der Waals surface area contributed by atoms with Crippen LogP contribution in [-0.4, -0.2) is 30.1 Å². The van der Waals surface area contributed by atoms with Crippen molar-refractivity contribution in [1.82, 2.24) is 4.90 Å². The molecule has 104 valence electrons. The SMILES string of the molecule is O=C(c1cc(Br)ccc1Br)N1CCC(C(F)(F)F)C1. The first-order chi connectivity index (χ1) is 8.79. The van der Waals surface area contributed by atoms with E-state index >= 15 is 0 Å². The Morgan fingerprint density at radius 1 is 1.32 bits per heavy atom. The topological polar surface area (TPSA) is 20.3 Å². The maximum absolute atomic E-state index is 12.6. The van der Waals surface area contributed by atoms with Gasteiger partial charge in [0, 0.05) is 22.0 Å². The van der Waals surface area contributed by atoms with Crippen molar-refractivity contribution in [2.75, 3.05) is 13.1 Å². The molecular weight excluding hydrogens is 391 g/mol. The summed E-state index contributed by atoms with van der Waals surface area (Å²) in [6.07, 6.45) is -4.26. The van der Waals surface area contributed by atoms with Crippen LogP contribution in [0, 0.1) is 5.92 Å². The zero-order chi connectivity index (χ0) is 14.2. The van der Waals surface area contributed by atoms with Gasteiger partial charge in [0.05, 0.1) is 11.5 Å². The van der Waals surface area contributed by atoms with Crippen LogP contribution in [-0.2, 0) is 0 Å². The third-order valence-electron chi connectivity index (χ3n) is 3.10. The Kier molecular flexibility index (Phi) is 4.25. The van der Waals surface area contributed by atoms with E-state index in [-0.39, 0.29) is 25.4 Å². The Balaban J connectivity index is 2.16. The third-order valence-corrected chi connectivity index (χ3v) is 4.28. The molecule has 2 rings (SSSR count). The summed E-state index contributed by atoms with van der Waals surface area (Å²) in [4.78, 5) is 13.5. The minimum Gasteiger partial charge on any atom is -0.338 e. The molecule has 2 nitrogen and oxygen atoms in total. The van der Waals surface area contributed by atoms with Crippen molar-refractivity contribution in [3.63, 3.8) is 0 Å². The molecule has 1 heterocycles. The second kappa shape index (κ2) is 5.44. The smallest absolute Gasteiger partial charge is 0.338 e. The predicted octanol–water partition coefficient (Wildman–Crippen LogP) is 4.24. The van der Waals surface area contributed by atoms with Crippen LogP contribution in [0.1, 0.15) is 16.8 Å². The number of likely N-dealkylation sites (tertiary alicyclic amines) is 1. The van der Waals surface area contributed by atoms with Gasteiger partial charge in [-0.25, -0.2) is 0 Å². The number of hydrogen-bond acceptors (Lipinski definition) is 1. The molecule has 1 amide bonds. The molecule has 1 fully saturated rings. The number of hydrogen-bond donors (Lipinski definition) is 0. The normalized spacial score (nSPS) is 19.8. The highest BCUT2D eigenvalue weighted by molar-refractivity contribution is 9.11. The van der Waals surface area contributed by atoms with Gasteiger partial charge in [0.25, 0.3) is 5.91 Å². The first-order valence-corrected chi connectivity index (χ1v) is 7.18. The highest BCUT2D eigenvalue weighted by atomic mass is 79.9. The Morgan fingerprint density at radius 2 is 2.00 bits per heavy atom. The number of amides is 1. The summed E-state index contributed by atoms with van der Waals surface area (Å²) in [6.45, 7) is -0.122. The molecule has 1 aliphatic heterocycles. The van der Waals surface area contributed by atoms with E-state index < -0.39 is 12.1 Å². The average Bonchev–Trinajstić information content (AvgIpc) is 2.80. The van der Waals surface area contributed by atoms with E-state index in [0.717, 1.165) is 0 Å². The van der Waals surface area contributed by atoms with Crippen LogP contribution in [0.25, 0.3) is 0 Å². The average molecular weight is 401 g/mol. The molecule has 1 aromatic carbocycles. The number of nitrogens with zero attached hydrogens (tertiary/aromatic N) is 1. The third kappa shape index (κ3) is 3.31. The second-order valence-electron chi connectivity index (χ2n) is 4.40. The molecule has 1 atom stereocenters. The Bertz CT molecular complexity index is 504. The molecule has 0 bridgehead atoms. The molecule has 1 aromatic rings. The van der Waals surface area contributed by atoms with Crippen molar-refractivity contribution >= 4 is 37.8 Å². The zero-order valence-corrected chi connectivity index (χ0v) is 12.8. The van der Waals surface area contributed by atoms with Crippen LogP contribution in [0.3, 0.4) is 0 Å². The number of benzene rings is 1. The number of alkyl halides is 3. The highest BCUT2D eigenvalue weighted by Crippen LogP contribution is 2.34. The van der Waals surface area contributed by atoms with Crippen LogP contribution in [0.15, 0.2) is 27.1 Å². The van der Waals surface area contributed by atoms with Gasteiger partial charge in [0.2, 0.25) is 0 Å². The molecule has 1 unspecified atom stereocenters. The molecule has 0 aromatic heterocycles. The molecule has 1 saturated heterocycles. The fourth-order valence-corrected chi connectivity index (χ4v) is 2.82. The molecule has 0 N–H and O–H groups in total. The fraction of sp³-hybridized carbons (Fsp3) is 0.417. The summed E-state index contributed by atoms with van der Waals surface area (Å²) in [5.74, 6) is -1.79. The van der Waals surface area contributed by atoms with Crippen LogP contribution < -0.4 is 0 Å². The predicted molar refractivity (Wildman–Crippen MR) is 71.9 cm³/mol. The van der Waals surface area contributed by atoms with Gasteiger partial charge in [-0.2, -0.15) is 13.2 Å². The lowest BCUT2D eigenvalue weighted by molar-refractivity contribution is -0.169. The Morgan fingerprint density at radius 3 is 2.58 bits per heavy atom. The fourth-order valence-electron chi connectivity index (χ4n) is 2.04. The lowest BCUT2D eigenvalue weighted by Gasteiger charge is -2.18. The lowest BCUT2D eigenvalue weighted by Crippen LogP contribution is -2.32. The summed E-state index contributed by atoms with van der Waals surface area (Å²) in [5, 5.41) is 0. The van der Waals surface area contributed by atoms with E-state index in [2.05, 4.69) is 31.9 Å². The summed E-state index contributed by atoms with van der Waals surface area (Å²) in [6, 6.07) is 5.05. The van der Waals surface area contributed by atoms with Crippen molar-refractivity contribution in [1.29, 1.82) is 0 Å². The van der Waals surface area contributed by atoms with E-state index in [4.69, 9.17) is 0 Å². The Labute approximate surface area is 125 Å². The van der Waals surface area contributed by atoms with Gasteiger partial charge in [-0.3, -0.25) is 4.79 Å². The highest BCUT2D eigenvalue weighted by Gasteiger charge is 2.44. The van der Waals surface area contributed by atoms with Crippen LogP contribution in [0.5, 0.6) is 0 Å². The van der Waals surface area contributed by atoms with Gasteiger partial charge in [0.1, 0.15) is 0 Å². The van der Waals surface area contributed by atoms with Gasteiger partial charge in [-0.15, -0.1) is 0 Å². The van der Waals surface area contributed by atoms with Gasteiger partial charge >= 0.3 is 6.18 Å². The van der Waals surface area contributed by atoms with Crippen LogP contribution in [0.2, 0.25) is 0 Å². The quantitative estimate of drug-likeness (QED) is 0.690. The second-order valence-corrected chi connectivity index (χ2v) is 6.17. The van der Waals surface area contributed by atoms with E-state index in [1.807, 2.05) is 0 Å². The van der Waals surface area contributed by atoms with Gasteiger partial charge in [-0.05, 0) is 40.5 Å². The molecule has 0 saturated carbocycles. The Hall–Kier alpha value is -0.560. The van der Waals surface area contributed by atoms with Crippen molar-refractivity contribution in [3.05, 3.63) is 32.7 Å². The number of carbonyl (C=O) groups is 1. The monoisotopic (exact) mass is 399 g/mol. The summed E-state index contributed by atoms with van der Waals surface area (Å²) >= 11 is 6.49. The number of halogens is 5. The summed E-state index contributed by atoms with van der Waals surface area (Å²) < 4.78 is 39.1. The van der Waals surface area contributed by atoms with E-state index in [0.29, 0.717) is 14.5 Å². The molecular formula is C12H10Br2F3NO. The first-order valence-electron chi connectivity index (χ1n) is 5.60. The van der Waals surface area contributed by atoms with Crippen molar-refractivity contribution < 1.29 is 18.0 Å².